The van der Waals surface area contributed by atoms with Crippen molar-refractivity contribution in [1.29, 1.82) is 5.26 Å². The first-order chi connectivity index (χ1) is 13.8. The van der Waals surface area contributed by atoms with Gasteiger partial charge in [-0.25, -0.2) is 4.57 Å². The van der Waals surface area contributed by atoms with Gasteiger partial charge in [0.15, 0.2) is 0 Å². The molecule has 0 saturated carbocycles. The van der Waals surface area contributed by atoms with Crippen LogP contribution in [0.1, 0.15) is 106 Å². The fourth-order valence-corrected chi connectivity index (χ4v) is 3.31. The number of rotatable bonds is 16. The van der Waals surface area contributed by atoms with Gasteiger partial charge in [0.05, 0.1) is 19.3 Å². The van der Waals surface area contributed by atoms with Crippen LogP contribution in [0, 0.1) is 23.2 Å². The zero-order valence-electron chi connectivity index (χ0n) is 20.5. The SMILES string of the molecule is CC#N.CCCCC(CC)COP(=O)(O)OCC(CC)CCCC.CCCCN.O. The molecule has 30 heavy (non-hydrogen) atoms. The molecule has 0 bridgehead atoms. The van der Waals surface area contributed by atoms with Crippen molar-refractivity contribution < 1.29 is 24.0 Å². The Labute approximate surface area is 186 Å². The molecular weight excluding hydrogens is 403 g/mol. The number of hydrogen-bond acceptors (Lipinski definition) is 5. The first-order valence-electron chi connectivity index (χ1n) is 11.4. The van der Waals surface area contributed by atoms with Crippen LogP contribution >= 0.6 is 7.82 Å². The number of unbranched alkanes of at least 4 members (excludes halogenated alkanes) is 3. The van der Waals surface area contributed by atoms with Gasteiger partial charge in [0.1, 0.15) is 0 Å². The summed E-state index contributed by atoms with van der Waals surface area (Å²) in [5.41, 5.74) is 5.14. The molecule has 2 unspecified atom stereocenters. The molecule has 7 nitrogen and oxygen atoms in total. The minimum absolute atomic E-state index is 0. The van der Waals surface area contributed by atoms with Crippen LogP contribution in [0.25, 0.3) is 0 Å². The van der Waals surface area contributed by atoms with Crippen molar-refractivity contribution in [2.75, 3.05) is 19.8 Å². The number of nitrogens with two attached hydrogens (primary N) is 1. The largest absolute Gasteiger partial charge is 0.472 e. The summed E-state index contributed by atoms with van der Waals surface area (Å²) in [4.78, 5) is 9.77. The fourth-order valence-electron chi connectivity index (χ4n) is 2.44. The standard InChI is InChI=1S/C16H35O4P.C4H11N.C2H3N.H2O/c1-5-9-11-15(7-3)13-19-21(17,18)20-14-16(8-4)12-10-6-2;1-2-3-4-5;1-2-3;/h15-16H,5-14H2,1-4H3,(H,17,18);2-5H2,1H3;1H3;1H2. The second kappa shape index (κ2) is 28.5. The normalized spacial score (nSPS) is 13.8. The van der Waals surface area contributed by atoms with E-state index in [-0.39, 0.29) is 5.48 Å². The summed E-state index contributed by atoms with van der Waals surface area (Å²) in [5, 5.41) is 7.32. The van der Waals surface area contributed by atoms with E-state index in [1.807, 2.05) is 0 Å². The highest BCUT2D eigenvalue weighted by Gasteiger charge is 2.24. The van der Waals surface area contributed by atoms with E-state index < -0.39 is 7.82 Å². The first-order valence-corrected chi connectivity index (χ1v) is 12.9. The first kappa shape index (κ1) is 36.9. The second-order valence-corrected chi connectivity index (χ2v) is 8.71. The Morgan fingerprint density at radius 3 is 1.43 bits per heavy atom. The molecule has 0 fully saturated rings. The summed E-state index contributed by atoms with van der Waals surface area (Å²) >= 11 is 0. The molecule has 0 spiro atoms. The predicted molar refractivity (Wildman–Crippen MR) is 127 cm³/mol. The van der Waals surface area contributed by atoms with Gasteiger partial charge in [0.2, 0.25) is 0 Å². The monoisotopic (exact) mass is 454 g/mol. The molecule has 5 N–H and O–H groups in total. The van der Waals surface area contributed by atoms with Gasteiger partial charge in [-0.1, -0.05) is 79.6 Å². The van der Waals surface area contributed by atoms with Crippen LogP contribution in [0.15, 0.2) is 0 Å². The van der Waals surface area contributed by atoms with E-state index in [4.69, 9.17) is 20.0 Å². The molecule has 0 aliphatic carbocycles. The van der Waals surface area contributed by atoms with Crippen LogP contribution in [-0.4, -0.2) is 30.1 Å². The number of phosphoric acid groups is 1. The van der Waals surface area contributed by atoms with Crippen molar-refractivity contribution in [3.8, 4) is 6.07 Å². The van der Waals surface area contributed by atoms with Gasteiger partial charge in [-0.3, -0.25) is 9.05 Å². The van der Waals surface area contributed by atoms with Gasteiger partial charge < -0.3 is 16.1 Å². The highest BCUT2D eigenvalue weighted by atomic mass is 31.2. The average Bonchev–Trinajstić information content (AvgIpc) is 2.70. The molecule has 8 heteroatoms. The predicted octanol–water partition coefficient (Wildman–Crippen LogP) is 6.00. The second-order valence-electron chi connectivity index (χ2n) is 7.26. The third-order valence-corrected chi connectivity index (χ3v) is 5.54. The zero-order chi connectivity index (χ0) is 23.0. The lowest BCUT2D eigenvalue weighted by Crippen LogP contribution is -2.12. The van der Waals surface area contributed by atoms with Crippen molar-refractivity contribution >= 4 is 7.82 Å². The number of phosphoric ester groups is 1. The van der Waals surface area contributed by atoms with E-state index in [0.29, 0.717) is 25.0 Å². The molecule has 0 rings (SSSR count). The molecule has 0 heterocycles. The van der Waals surface area contributed by atoms with Gasteiger partial charge in [-0.15, -0.1) is 0 Å². The minimum Gasteiger partial charge on any atom is -0.412 e. The summed E-state index contributed by atoms with van der Waals surface area (Å²) < 4.78 is 22.2. The Balaban J connectivity index is -0.000000319. The Morgan fingerprint density at radius 2 is 1.23 bits per heavy atom. The van der Waals surface area contributed by atoms with Crippen LogP contribution < -0.4 is 5.73 Å². The van der Waals surface area contributed by atoms with Gasteiger partial charge in [0, 0.05) is 6.92 Å². The summed E-state index contributed by atoms with van der Waals surface area (Å²) in [5.74, 6) is 0.687. The van der Waals surface area contributed by atoms with Gasteiger partial charge >= 0.3 is 7.82 Å². The lowest BCUT2D eigenvalue weighted by Gasteiger charge is -2.20. The molecule has 0 saturated heterocycles. The van der Waals surface area contributed by atoms with Crippen molar-refractivity contribution in [3.05, 3.63) is 0 Å². The number of nitrogens with zero attached hydrogens (tertiary/aromatic N) is 1. The Kier molecular flexibility index (Phi) is 35.0. The zero-order valence-corrected chi connectivity index (χ0v) is 21.4. The maximum absolute atomic E-state index is 11.9. The summed E-state index contributed by atoms with van der Waals surface area (Å²) in [7, 11) is -3.89. The highest BCUT2D eigenvalue weighted by molar-refractivity contribution is 7.47. The van der Waals surface area contributed by atoms with Crippen molar-refractivity contribution in [2.24, 2.45) is 17.6 Å². The molecule has 184 valence electrons. The summed E-state index contributed by atoms with van der Waals surface area (Å²) in [6.45, 7) is 13.5. The lowest BCUT2D eigenvalue weighted by atomic mass is 10.0. The quantitative estimate of drug-likeness (QED) is 0.274. The number of nitriles is 1. The van der Waals surface area contributed by atoms with Crippen molar-refractivity contribution in [2.45, 2.75) is 106 Å². The third kappa shape index (κ3) is 29.7. The van der Waals surface area contributed by atoms with Gasteiger partial charge in [-0.05, 0) is 37.6 Å². The van der Waals surface area contributed by atoms with Crippen molar-refractivity contribution in [3.63, 3.8) is 0 Å². The smallest absolute Gasteiger partial charge is 0.412 e. The Hall–Kier alpha value is -0.480. The number of hydrogen-bond donors (Lipinski definition) is 2. The van der Waals surface area contributed by atoms with Gasteiger partial charge in [-0.2, -0.15) is 5.26 Å². The molecule has 0 radical (unpaired) electrons. The molecule has 2 atom stereocenters. The summed E-state index contributed by atoms with van der Waals surface area (Å²) in [6, 6.07) is 1.75. The molecule has 0 aromatic heterocycles. The molecule has 0 aromatic carbocycles. The average molecular weight is 455 g/mol. The lowest BCUT2D eigenvalue weighted by molar-refractivity contribution is 0.110. The van der Waals surface area contributed by atoms with Crippen LogP contribution in [0.5, 0.6) is 0 Å². The Bertz CT molecular complexity index is 379. The van der Waals surface area contributed by atoms with Crippen LogP contribution in [0.2, 0.25) is 0 Å². The topological polar surface area (TPSA) is 137 Å². The van der Waals surface area contributed by atoms with E-state index in [0.717, 1.165) is 57.9 Å². The van der Waals surface area contributed by atoms with Crippen LogP contribution in [0.4, 0.5) is 0 Å². The van der Waals surface area contributed by atoms with Crippen LogP contribution in [0.3, 0.4) is 0 Å². The Morgan fingerprint density at radius 1 is 0.900 bits per heavy atom. The highest BCUT2D eigenvalue weighted by Crippen LogP contribution is 2.44. The molecule has 0 aliphatic rings. The molecule has 0 aliphatic heterocycles. The van der Waals surface area contributed by atoms with Crippen molar-refractivity contribution in [1.82, 2.24) is 0 Å². The minimum atomic E-state index is -3.89. The van der Waals surface area contributed by atoms with E-state index in [1.54, 1.807) is 6.07 Å². The van der Waals surface area contributed by atoms with E-state index in [9.17, 15) is 9.46 Å². The maximum atomic E-state index is 11.9. The van der Waals surface area contributed by atoms with E-state index >= 15 is 0 Å². The van der Waals surface area contributed by atoms with Crippen LogP contribution in [-0.2, 0) is 13.6 Å². The van der Waals surface area contributed by atoms with E-state index in [2.05, 4.69) is 34.6 Å². The van der Waals surface area contributed by atoms with E-state index in [1.165, 1.54) is 19.8 Å². The molecule has 0 amide bonds. The van der Waals surface area contributed by atoms with Gasteiger partial charge in [0.25, 0.3) is 0 Å². The maximum Gasteiger partial charge on any atom is 0.472 e. The fraction of sp³-hybridized carbons (Fsp3) is 0.955. The third-order valence-electron chi connectivity index (χ3n) is 4.59. The molecular formula is C22H51N2O5P. The molecule has 0 aromatic rings. The summed E-state index contributed by atoms with van der Waals surface area (Å²) in [6.07, 6.45) is 10.9.